The van der Waals surface area contributed by atoms with E-state index in [1.807, 2.05) is 12.3 Å². The van der Waals surface area contributed by atoms with Gasteiger partial charge < -0.3 is 4.74 Å². The van der Waals surface area contributed by atoms with Gasteiger partial charge in [-0.1, -0.05) is 15.9 Å². The number of thiazole rings is 1. The zero-order valence-corrected chi connectivity index (χ0v) is 15.3. The predicted octanol–water partition coefficient (Wildman–Crippen LogP) is 4.62. The Morgan fingerprint density at radius 1 is 1.41 bits per heavy atom. The first-order valence-electron chi connectivity index (χ1n) is 8.19. The smallest absolute Gasteiger partial charge is 0.306 e. The summed E-state index contributed by atoms with van der Waals surface area (Å²) >= 11 is 5.60. The van der Waals surface area contributed by atoms with Crippen molar-refractivity contribution in [1.29, 1.82) is 0 Å². The fraction of sp³-hybridized carbons (Fsp3) is 0.765. The molecule has 1 heterocycles. The van der Waals surface area contributed by atoms with E-state index in [4.69, 9.17) is 4.74 Å². The van der Waals surface area contributed by atoms with Crippen molar-refractivity contribution >= 4 is 33.2 Å². The lowest BCUT2D eigenvalue weighted by molar-refractivity contribution is -0.152. The van der Waals surface area contributed by atoms with E-state index in [2.05, 4.69) is 20.9 Å². The van der Waals surface area contributed by atoms with E-state index in [0.29, 0.717) is 17.4 Å². The second kappa shape index (κ2) is 5.30. The quantitative estimate of drug-likeness (QED) is 0.562. The fourth-order valence-corrected chi connectivity index (χ4v) is 7.64. The number of aromatic nitrogens is 1. The molecule has 0 aliphatic heterocycles. The molecule has 0 radical (unpaired) electrons. The molecule has 4 bridgehead atoms. The first-order chi connectivity index (χ1) is 10.4. The summed E-state index contributed by atoms with van der Waals surface area (Å²) in [6.07, 6.45) is 8.18. The van der Waals surface area contributed by atoms with Crippen molar-refractivity contribution in [3.63, 3.8) is 0 Å². The molecule has 1 aromatic rings. The topological polar surface area (TPSA) is 39.2 Å². The van der Waals surface area contributed by atoms with Crippen LogP contribution >= 0.6 is 27.3 Å². The molecular weight excluding hydrogens is 362 g/mol. The largest absolute Gasteiger partial charge is 0.459 e. The number of esters is 1. The molecular formula is C17H22BrNO2S. The van der Waals surface area contributed by atoms with Crippen LogP contribution in [0.25, 0.3) is 0 Å². The summed E-state index contributed by atoms with van der Waals surface area (Å²) in [5, 5.41) is 2.99. The second-order valence-electron chi connectivity index (χ2n) is 7.81. The Bertz CT molecular complexity index is 585. The van der Waals surface area contributed by atoms with Crippen molar-refractivity contribution in [2.75, 3.05) is 0 Å². The third kappa shape index (κ3) is 2.86. The number of carbonyl (C=O) groups is 1. The van der Waals surface area contributed by atoms with E-state index in [1.165, 1.54) is 32.1 Å². The Kier molecular flexibility index (Phi) is 3.65. The highest BCUT2D eigenvalue weighted by molar-refractivity contribution is 9.10. The van der Waals surface area contributed by atoms with Crippen molar-refractivity contribution in [1.82, 2.24) is 4.98 Å². The summed E-state index contributed by atoms with van der Waals surface area (Å²) in [5.41, 5.74) is 1.07. The van der Waals surface area contributed by atoms with E-state index in [9.17, 15) is 4.79 Å². The van der Waals surface area contributed by atoms with Crippen molar-refractivity contribution in [3.05, 3.63) is 16.1 Å². The van der Waals surface area contributed by atoms with Crippen molar-refractivity contribution in [2.24, 2.45) is 17.3 Å². The lowest BCUT2D eigenvalue weighted by Gasteiger charge is -2.60. The van der Waals surface area contributed by atoms with Crippen LogP contribution in [0.4, 0.5) is 0 Å². The van der Waals surface area contributed by atoms with Crippen LogP contribution in [0.5, 0.6) is 0 Å². The molecule has 0 amide bonds. The highest BCUT2D eigenvalue weighted by atomic mass is 79.9. The molecule has 0 saturated heterocycles. The molecule has 0 aromatic carbocycles. The monoisotopic (exact) mass is 383 g/mol. The first kappa shape index (κ1) is 15.1. The standard InChI is InChI=1S/C17H22BrNO2S/c1-11-19-14(9-22-11)8-21-15(20)7-16-3-12-2-13(4-16)6-17(18,5-12)10-16/h9,12-13H,2-8,10H2,1H3. The van der Waals surface area contributed by atoms with Gasteiger partial charge in [-0.2, -0.15) is 0 Å². The molecule has 5 rings (SSSR count). The highest BCUT2D eigenvalue weighted by Crippen LogP contribution is 2.65. The maximum Gasteiger partial charge on any atom is 0.306 e. The normalized spacial score (nSPS) is 39.2. The number of carbonyl (C=O) groups excluding carboxylic acids is 1. The molecule has 2 unspecified atom stereocenters. The van der Waals surface area contributed by atoms with Crippen molar-refractivity contribution in [2.45, 2.75) is 62.8 Å². The minimum Gasteiger partial charge on any atom is -0.459 e. The number of hydrogen-bond donors (Lipinski definition) is 0. The van der Waals surface area contributed by atoms with E-state index in [1.54, 1.807) is 11.3 Å². The average Bonchev–Trinajstić information content (AvgIpc) is 2.78. The van der Waals surface area contributed by atoms with Gasteiger partial charge in [-0.05, 0) is 62.7 Å². The summed E-state index contributed by atoms with van der Waals surface area (Å²) in [6.45, 7) is 2.30. The molecule has 22 heavy (non-hydrogen) atoms. The number of aryl methyl sites for hydroxylation is 1. The summed E-state index contributed by atoms with van der Waals surface area (Å²) in [7, 11) is 0. The number of halogens is 1. The number of hydrogen-bond acceptors (Lipinski definition) is 4. The molecule has 2 atom stereocenters. The minimum atomic E-state index is -0.0382. The molecule has 0 spiro atoms. The van der Waals surface area contributed by atoms with Crippen LogP contribution in [0.2, 0.25) is 0 Å². The van der Waals surface area contributed by atoms with E-state index in [-0.39, 0.29) is 11.4 Å². The number of rotatable bonds is 4. The molecule has 4 fully saturated rings. The zero-order valence-electron chi connectivity index (χ0n) is 12.9. The van der Waals surface area contributed by atoms with Crippen LogP contribution in [0, 0.1) is 24.2 Å². The Labute approximate surface area is 144 Å². The summed E-state index contributed by atoms with van der Waals surface area (Å²) in [5.74, 6) is 1.59. The summed E-state index contributed by atoms with van der Waals surface area (Å²) < 4.78 is 5.81. The van der Waals surface area contributed by atoms with Crippen LogP contribution in [-0.4, -0.2) is 15.3 Å². The SMILES string of the molecule is Cc1nc(COC(=O)CC23CC4CC(CC(Br)(C4)C2)C3)cs1. The predicted molar refractivity (Wildman–Crippen MR) is 90.0 cm³/mol. The highest BCUT2D eigenvalue weighted by Gasteiger charge is 2.57. The molecule has 5 heteroatoms. The fourth-order valence-electron chi connectivity index (χ4n) is 5.53. The maximum absolute atomic E-state index is 12.4. The molecule has 4 aliphatic rings. The number of alkyl halides is 1. The van der Waals surface area contributed by atoms with Gasteiger partial charge in [-0.25, -0.2) is 4.98 Å². The van der Waals surface area contributed by atoms with Gasteiger partial charge >= 0.3 is 5.97 Å². The minimum absolute atomic E-state index is 0.0382. The lowest BCUT2D eigenvalue weighted by atomic mass is 9.49. The number of nitrogens with zero attached hydrogens (tertiary/aromatic N) is 1. The van der Waals surface area contributed by atoms with Gasteiger partial charge in [-0.3, -0.25) is 4.79 Å². The zero-order chi connectivity index (χ0) is 15.4. The van der Waals surface area contributed by atoms with Crippen LogP contribution in [0.3, 0.4) is 0 Å². The van der Waals surface area contributed by atoms with Crippen LogP contribution < -0.4 is 0 Å². The van der Waals surface area contributed by atoms with Gasteiger partial charge in [0, 0.05) is 9.70 Å². The van der Waals surface area contributed by atoms with E-state index in [0.717, 1.165) is 29.0 Å². The molecule has 0 N–H and O–H groups in total. The Balaban J connectivity index is 1.39. The van der Waals surface area contributed by atoms with Gasteiger partial charge in [-0.15, -0.1) is 11.3 Å². The van der Waals surface area contributed by atoms with Gasteiger partial charge in [0.15, 0.2) is 0 Å². The van der Waals surface area contributed by atoms with Crippen LogP contribution in [0.1, 0.15) is 55.6 Å². The van der Waals surface area contributed by atoms with Gasteiger partial charge in [0.2, 0.25) is 0 Å². The average molecular weight is 384 g/mol. The Hall–Kier alpha value is -0.420. The van der Waals surface area contributed by atoms with Gasteiger partial charge in [0.1, 0.15) is 6.61 Å². The maximum atomic E-state index is 12.4. The molecule has 4 aliphatic carbocycles. The molecule has 120 valence electrons. The van der Waals surface area contributed by atoms with Gasteiger partial charge in [0.25, 0.3) is 0 Å². The van der Waals surface area contributed by atoms with E-state index < -0.39 is 0 Å². The number of ether oxygens (including phenoxy) is 1. The first-order valence-corrected chi connectivity index (χ1v) is 9.87. The summed E-state index contributed by atoms with van der Waals surface area (Å²) in [4.78, 5) is 16.7. The third-order valence-electron chi connectivity index (χ3n) is 5.68. The Morgan fingerprint density at radius 2 is 2.14 bits per heavy atom. The van der Waals surface area contributed by atoms with Gasteiger partial charge in [0.05, 0.1) is 17.1 Å². The van der Waals surface area contributed by atoms with E-state index >= 15 is 0 Å². The second-order valence-corrected chi connectivity index (χ2v) is 10.6. The lowest BCUT2D eigenvalue weighted by Crippen LogP contribution is -2.53. The summed E-state index contributed by atoms with van der Waals surface area (Å²) in [6, 6.07) is 0. The Morgan fingerprint density at radius 3 is 2.73 bits per heavy atom. The van der Waals surface area contributed by atoms with Crippen molar-refractivity contribution < 1.29 is 9.53 Å². The molecule has 1 aromatic heterocycles. The third-order valence-corrected chi connectivity index (χ3v) is 7.43. The molecule has 4 saturated carbocycles. The van der Waals surface area contributed by atoms with Crippen LogP contribution in [-0.2, 0) is 16.1 Å². The van der Waals surface area contributed by atoms with Crippen LogP contribution in [0.15, 0.2) is 5.38 Å². The molecule has 3 nitrogen and oxygen atoms in total. The van der Waals surface area contributed by atoms with Crippen molar-refractivity contribution in [3.8, 4) is 0 Å².